The Labute approximate surface area is 94.4 Å². The van der Waals surface area contributed by atoms with E-state index in [4.69, 9.17) is 0 Å². The van der Waals surface area contributed by atoms with Crippen LogP contribution in [0.3, 0.4) is 0 Å². The Morgan fingerprint density at radius 3 is 2.60 bits per heavy atom. The molecule has 88 valence electrons. The van der Waals surface area contributed by atoms with Gasteiger partial charge in [-0.05, 0) is 37.6 Å². The van der Waals surface area contributed by atoms with Gasteiger partial charge >= 0.3 is 0 Å². The van der Waals surface area contributed by atoms with Crippen LogP contribution in [0.4, 0.5) is 0 Å². The van der Waals surface area contributed by atoms with Crippen molar-refractivity contribution < 1.29 is 0 Å². The van der Waals surface area contributed by atoms with Gasteiger partial charge in [0.2, 0.25) is 0 Å². The van der Waals surface area contributed by atoms with E-state index in [2.05, 4.69) is 31.0 Å². The molecule has 0 spiro atoms. The van der Waals surface area contributed by atoms with E-state index < -0.39 is 0 Å². The maximum absolute atomic E-state index is 3.54. The Bertz CT molecular complexity index is 203. The Balaban J connectivity index is 1.68. The average molecular weight is 210 g/mol. The van der Waals surface area contributed by atoms with E-state index in [1.165, 1.54) is 38.9 Å². The van der Waals surface area contributed by atoms with Gasteiger partial charge in [-0.3, -0.25) is 4.90 Å². The zero-order valence-corrected chi connectivity index (χ0v) is 10.5. The van der Waals surface area contributed by atoms with E-state index in [0.29, 0.717) is 6.04 Å². The molecule has 1 aliphatic heterocycles. The number of nitrogens with zero attached hydrogens (tertiary/aromatic N) is 1. The summed E-state index contributed by atoms with van der Waals surface area (Å²) in [6.45, 7) is 10.7. The first-order chi connectivity index (χ1) is 7.15. The predicted octanol–water partition coefficient (Wildman–Crippen LogP) is 2.10. The highest BCUT2D eigenvalue weighted by Crippen LogP contribution is 2.37. The number of likely N-dealkylation sites (tertiary alicyclic amines) is 1. The lowest BCUT2D eigenvalue weighted by Crippen LogP contribution is -2.39. The molecule has 2 fully saturated rings. The smallest absolute Gasteiger partial charge is 0.00987 e. The Hall–Kier alpha value is -0.0800. The fraction of sp³-hybridized carbons (Fsp3) is 1.00. The zero-order valence-electron chi connectivity index (χ0n) is 10.5. The van der Waals surface area contributed by atoms with Crippen molar-refractivity contribution in [2.45, 2.75) is 52.1 Å². The maximum atomic E-state index is 3.54. The van der Waals surface area contributed by atoms with Gasteiger partial charge in [-0.15, -0.1) is 0 Å². The van der Waals surface area contributed by atoms with Crippen LogP contribution in [0.1, 0.15) is 40.0 Å². The molecule has 2 heteroatoms. The van der Waals surface area contributed by atoms with Crippen LogP contribution in [0.2, 0.25) is 0 Å². The maximum Gasteiger partial charge on any atom is 0.00987 e. The molecule has 2 aliphatic rings. The summed E-state index contributed by atoms with van der Waals surface area (Å²) in [5.41, 5.74) is 0. The van der Waals surface area contributed by atoms with Crippen molar-refractivity contribution in [3.63, 3.8) is 0 Å². The van der Waals surface area contributed by atoms with Crippen LogP contribution in [0.5, 0.6) is 0 Å². The first kappa shape index (κ1) is 11.4. The van der Waals surface area contributed by atoms with Crippen LogP contribution in [0.25, 0.3) is 0 Å². The van der Waals surface area contributed by atoms with Crippen LogP contribution in [0, 0.1) is 11.8 Å². The number of nitrogens with one attached hydrogen (secondary N) is 1. The van der Waals surface area contributed by atoms with Crippen LogP contribution in [-0.2, 0) is 0 Å². The van der Waals surface area contributed by atoms with Crippen molar-refractivity contribution in [3.8, 4) is 0 Å². The summed E-state index contributed by atoms with van der Waals surface area (Å²) in [6, 6.07) is 1.57. The fourth-order valence-corrected chi connectivity index (χ4v) is 3.15. The Morgan fingerprint density at radius 2 is 2.07 bits per heavy atom. The van der Waals surface area contributed by atoms with Crippen molar-refractivity contribution in [2.24, 2.45) is 11.8 Å². The largest absolute Gasteiger partial charge is 0.314 e. The van der Waals surface area contributed by atoms with Gasteiger partial charge in [0.25, 0.3) is 0 Å². The Morgan fingerprint density at radius 1 is 1.27 bits per heavy atom. The minimum absolute atomic E-state index is 0.627. The molecule has 0 aromatic rings. The number of rotatable bonds is 5. The molecule has 1 heterocycles. The minimum Gasteiger partial charge on any atom is -0.314 e. The SMILES string of the molecule is CC(CNC(C)C)CN1CC2CCC1C2. The van der Waals surface area contributed by atoms with Gasteiger partial charge in [0.1, 0.15) is 0 Å². The van der Waals surface area contributed by atoms with E-state index in [1.54, 1.807) is 0 Å². The molecule has 1 aliphatic carbocycles. The topological polar surface area (TPSA) is 15.3 Å². The average Bonchev–Trinajstić information content (AvgIpc) is 2.76. The normalized spacial score (nSPS) is 32.8. The van der Waals surface area contributed by atoms with E-state index in [9.17, 15) is 0 Å². The molecule has 15 heavy (non-hydrogen) atoms. The summed E-state index contributed by atoms with van der Waals surface area (Å²) in [6.07, 6.45) is 4.46. The number of fused-ring (bicyclic) bond motifs is 2. The van der Waals surface area contributed by atoms with Crippen molar-refractivity contribution in [1.82, 2.24) is 10.2 Å². The fourth-order valence-electron chi connectivity index (χ4n) is 3.15. The van der Waals surface area contributed by atoms with E-state index in [-0.39, 0.29) is 0 Å². The summed E-state index contributed by atoms with van der Waals surface area (Å²) in [5.74, 6) is 1.84. The monoisotopic (exact) mass is 210 g/mol. The molecular formula is C13H26N2. The second-order valence-electron chi connectivity index (χ2n) is 5.95. The van der Waals surface area contributed by atoms with Crippen molar-refractivity contribution in [3.05, 3.63) is 0 Å². The van der Waals surface area contributed by atoms with Gasteiger partial charge in [0, 0.05) is 25.2 Å². The summed E-state index contributed by atoms with van der Waals surface area (Å²) in [7, 11) is 0. The standard InChI is InChI=1S/C13H26N2/c1-10(2)14-7-11(3)8-15-9-12-4-5-13(15)6-12/h10-14H,4-9H2,1-3H3. The van der Waals surface area contributed by atoms with E-state index in [1.807, 2.05) is 0 Å². The molecule has 1 saturated carbocycles. The van der Waals surface area contributed by atoms with Gasteiger partial charge < -0.3 is 5.32 Å². The van der Waals surface area contributed by atoms with Gasteiger partial charge in [0.15, 0.2) is 0 Å². The van der Waals surface area contributed by atoms with Gasteiger partial charge in [0.05, 0.1) is 0 Å². The van der Waals surface area contributed by atoms with E-state index in [0.717, 1.165) is 17.9 Å². The third-order valence-electron chi connectivity index (χ3n) is 3.94. The first-order valence-corrected chi connectivity index (χ1v) is 6.62. The summed E-state index contributed by atoms with van der Waals surface area (Å²) in [5, 5.41) is 3.54. The molecule has 0 radical (unpaired) electrons. The second-order valence-corrected chi connectivity index (χ2v) is 5.95. The molecule has 1 N–H and O–H groups in total. The molecule has 2 bridgehead atoms. The minimum atomic E-state index is 0.627. The molecule has 0 amide bonds. The number of piperidine rings is 1. The van der Waals surface area contributed by atoms with Crippen LogP contribution in [-0.4, -0.2) is 36.6 Å². The zero-order chi connectivity index (χ0) is 10.8. The summed E-state index contributed by atoms with van der Waals surface area (Å²) >= 11 is 0. The number of hydrogen-bond donors (Lipinski definition) is 1. The molecule has 0 aromatic carbocycles. The molecule has 3 unspecified atom stereocenters. The van der Waals surface area contributed by atoms with Gasteiger partial charge in [-0.2, -0.15) is 0 Å². The van der Waals surface area contributed by atoms with E-state index >= 15 is 0 Å². The molecule has 1 saturated heterocycles. The first-order valence-electron chi connectivity index (χ1n) is 6.62. The summed E-state index contributed by atoms with van der Waals surface area (Å²) in [4.78, 5) is 2.74. The third-order valence-corrected chi connectivity index (χ3v) is 3.94. The molecule has 2 nitrogen and oxygen atoms in total. The molecule has 0 aromatic heterocycles. The predicted molar refractivity (Wildman–Crippen MR) is 65.0 cm³/mol. The quantitative estimate of drug-likeness (QED) is 0.747. The highest BCUT2D eigenvalue weighted by molar-refractivity contribution is 4.92. The number of hydrogen-bond acceptors (Lipinski definition) is 2. The van der Waals surface area contributed by atoms with Gasteiger partial charge in [-0.1, -0.05) is 20.8 Å². The highest BCUT2D eigenvalue weighted by Gasteiger charge is 2.37. The van der Waals surface area contributed by atoms with Crippen molar-refractivity contribution >= 4 is 0 Å². The lowest BCUT2D eigenvalue weighted by Gasteiger charge is -2.29. The second kappa shape index (κ2) is 4.84. The van der Waals surface area contributed by atoms with Crippen LogP contribution >= 0.6 is 0 Å². The molecule has 3 atom stereocenters. The molecular weight excluding hydrogens is 184 g/mol. The van der Waals surface area contributed by atoms with Crippen LogP contribution in [0.15, 0.2) is 0 Å². The lowest BCUT2D eigenvalue weighted by molar-refractivity contribution is 0.184. The lowest BCUT2D eigenvalue weighted by atomic mass is 10.1. The molecule has 2 rings (SSSR count). The Kier molecular flexibility index (Phi) is 3.68. The van der Waals surface area contributed by atoms with Gasteiger partial charge in [-0.25, -0.2) is 0 Å². The van der Waals surface area contributed by atoms with Crippen molar-refractivity contribution in [1.29, 1.82) is 0 Å². The van der Waals surface area contributed by atoms with Crippen LogP contribution < -0.4 is 5.32 Å². The summed E-state index contributed by atoms with van der Waals surface area (Å²) < 4.78 is 0. The third kappa shape index (κ3) is 2.94. The van der Waals surface area contributed by atoms with Crippen molar-refractivity contribution in [2.75, 3.05) is 19.6 Å². The highest BCUT2D eigenvalue weighted by atomic mass is 15.2.